The Morgan fingerprint density at radius 2 is 2.08 bits per heavy atom. The molecule has 0 saturated carbocycles. The normalized spacial score (nSPS) is 17.1. The first-order chi connectivity index (χ1) is 12.5. The molecule has 2 aromatic carbocycles. The predicted molar refractivity (Wildman–Crippen MR) is 101 cm³/mol. The fraction of sp³-hybridized carbons (Fsp3) is 0.211. The molecule has 26 heavy (non-hydrogen) atoms. The number of para-hydroxylation sites is 1. The summed E-state index contributed by atoms with van der Waals surface area (Å²) in [6.45, 7) is 2.15. The highest BCUT2D eigenvalue weighted by Gasteiger charge is 2.37. The molecule has 3 aromatic rings. The number of halogens is 1. The van der Waals surface area contributed by atoms with Crippen molar-refractivity contribution in [1.29, 1.82) is 0 Å². The molecular formula is C19H17ClN4O2. The van der Waals surface area contributed by atoms with E-state index in [0.29, 0.717) is 23.1 Å². The number of fused-ring (bicyclic) bond motifs is 1. The second kappa shape index (κ2) is 6.46. The fourth-order valence-corrected chi connectivity index (χ4v) is 3.39. The van der Waals surface area contributed by atoms with Crippen LogP contribution in [0.5, 0.6) is 0 Å². The van der Waals surface area contributed by atoms with Gasteiger partial charge in [-0.15, -0.1) is 0 Å². The van der Waals surface area contributed by atoms with E-state index in [1.807, 2.05) is 31.2 Å². The van der Waals surface area contributed by atoms with Crippen LogP contribution in [-0.2, 0) is 9.59 Å². The number of amides is 2. The van der Waals surface area contributed by atoms with Gasteiger partial charge in [0.2, 0.25) is 11.8 Å². The minimum atomic E-state index is -0.434. The van der Waals surface area contributed by atoms with Gasteiger partial charge in [-0.05, 0) is 36.8 Å². The Labute approximate surface area is 155 Å². The summed E-state index contributed by atoms with van der Waals surface area (Å²) in [4.78, 5) is 26.7. The van der Waals surface area contributed by atoms with Crippen molar-refractivity contribution >= 4 is 45.8 Å². The largest absolute Gasteiger partial charge is 0.325 e. The highest BCUT2D eigenvalue weighted by molar-refractivity contribution is 6.31. The van der Waals surface area contributed by atoms with Gasteiger partial charge in [0, 0.05) is 29.1 Å². The van der Waals surface area contributed by atoms with Crippen LogP contribution in [0, 0.1) is 12.8 Å². The average molecular weight is 369 g/mol. The van der Waals surface area contributed by atoms with Crippen molar-refractivity contribution < 1.29 is 9.59 Å². The topological polar surface area (TPSA) is 78.1 Å². The fourth-order valence-electron chi connectivity index (χ4n) is 3.22. The average Bonchev–Trinajstić information content (AvgIpc) is 3.22. The molecule has 1 unspecified atom stereocenters. The lowest BCUT2D eigenvalue weighted by atomic mass is 10.1. The third-order valence-corrected chi connectivity index (χ3v) is 5.14. The monoisotopic (exact) mass is 368 g/mol. The van der Waals surface area contributed by atoms with Gasteiger partial charge in [0.25, 0.3) is 0 Å². The number of carbonyl (C=O) groups excluding carboxylic acids is 2. The number of hydrogen-bond acceptors (Lipinski definition) is 3. The van der Waals surface area contributed by atoms with E-state index in [0.717, 1.165) is 16.5 Å². The minimum absolute atomic E-state index is 0.106. The van der Waals surface area contributed by atoms with Crippen molar-refractivity contribution in [3.63, 3.8) is 0 Å². The van der Waals surface area contributed by atoms with Crippen LogP contribution in [0.25, 0.3) is 10.9 Å². The second-order valence-electron chi connectivity index (χ2n) is 6.40. The van der Waals surface area contributed by atoms with Crippen LogP contribution >= 0.6 is 11.6 Å². The van der Waals surface area contributed by atoms with E-state index >= 15 is 0 Å². The molecule has 0 spiro atoms. The summed E-state index contributed by atoms with van der Waals surface area (Å²) in [7, 11) is 0. The first-order valence-corrected chi connectivity index (χ1v) is 8.72. The maximum absolute atomic E-state index is 12.6. The number of carbonyl (C=O) groups is 2. The molecule has 6 nitrogen and oxygen atoms in total. The van der Waals surface area contributed by atoms with Crippen molar-refractivity contribution in [3.05, 3.63) is 53.1 Å². The smallest absolute Gasteiger partial charge is 0.229 e. The zero-order chi connectivity index (χ0) is 18.3. The van der Waals surface area contributed by atoms with E-state index in [2.05, 4.69) is 15.5 Å². The summed E-state index contributed by atoms with van der Waals surface area (Å²) in [6.07, 6.45) is 0.159. The number of H-pyrrole nitrogens is 1. The number of anilines is 2. The van der Waals surface area contributed by atoms with Gasteiger partial charge in [-0.25, -0.2) is 0 Å². The number of rotatable bonds is 3. The zero-order valence-electron chi connectivity index (χ0n) is 14.1. The molecule has 132 valence electrons. The lowest BCUT2D eigenvalue weighted by molar-refractivity contribution is -0.122. The van der Waals surface area contributed by atoms with Gasteiger partial charge in [-0.3, -0.25) is 19.6 Å². The van der Waals surface area contributed by atoms with E-state index < -0.39 is 5.92 Å². The van der Waals surface area contributed by atoms with Gasteiger partial charge in [0.05, 0.1) is 11.4 Å². The number of hydrogen-bond donors (Lipinski definition) is 2. The molecule has 1 atom stereocenters. The molecule has 2 amide bonds. The maximum atomic E-state index is 12.6. The second-order valence-corrected chi connectivity index (χ2v) is 6.81. The van der Waals surface area contributed by atoms with Crippen molar-refractivity contribution in [2.24, 2.45) is 5.92 Å². The Hall–Kier alpha value is -2.86. The van der Waals surface area contributed by atoms with Crippen molar-refractivity contribution in [3.8, 4) is 0 Å². The van der Waals surface area contributed by atoms with Gasteiger partial charge in [-0.2, -0.15) is 5.10 Å². The Balaban J connectivity index is 1.54. The predicted octanol–water partition coefficient (Wildman–Crippen LogP) is 3.52. The van der Waals surface area contributed by atoms with Crippen LogP contribution in [0.4, 0.5) is 11.5 Å². The van der Waals surface area contributed by atoms with Crippen molar-refractivity contribution in [1.82, 2.24) is 10.2 Å². The quantitative estimate of drug-likeness (QED) is 0.742. The standard InChI is InChI=1S/C19H17ClN4O2/c1-11-14(20)6-4-8-15(11)21-19(26)12-9-17(25)24(10-12)18-13-5-2-3-7-16(13)22-23-18/h2-8,12H,9-10H2,1H3,(H,21,26)(H,22,23). The van der Waals surface area contributed by atoms with E-state index in [4.69, 9.17) is 11.6 Å². The summed E-state index contributed by atoms with van der Waals surface area (Å²) in [5.74, 6) is -0.160. The summed E-state index contributed by atoms with van der Waals surface area (Å²) in [6, 6.07) is 13.0. The van der Waals surface area contributed by atoms with Crippen LogP contribution in [0.3, 0.4) is 0 Å². The van der Waals surface area contributed by atoms with Gasteiger partial charge in [0.1, 0.15) is 0 Å². The minimum Gasteiger partial charge on any atom is -0.325 e. The number of nitrogens with one attached hydrogen (secondary N) is 2. The van der Waals surface area contributed by atoms with Crippen LogP contribution < -0.4 is 10.2 Å². The number of benzene rings is 2. The van der Waals surface area contributed by atoms with Crippen molar-refractivity contribution in [2.45, 2.75) is 13.3 Å². The Kier molecular flexibility index (Phi) is 4.12. The third-order valence-electron chi connectivity index (χ3n) is 4.73. The van der Waals surface area contributed by atoms with Crippen LogP contribution in [0.2, 0.25) is 5.02 Å². The summed E-state index contributed by atoms with van der Waals surface area (Å²) in [5.41, 5.74) is 2.33. The summed E-state index contributed by atoms with van der Waals surface area (Å²) < 4.78 is 0. The van der Waals surface area contributed by atoms with Crippen LogP contribution in [-0.4, -0.2) is 28.6 Å². The SMILES string of the molecule is Cc1c(Cl)cccc1NC(=O)C1CC(=O)N(c2n[nH]c3ccccc23)C1. The Morgan fingerprint density at radius 1 is 1.27 bits per heavy atom. The number of aromatic amines is 1. The highest BCUT2D eigenvalue weighted by atomic mass is 35.5. The number of aromatic nitrogens is 2. The molecule has 1 fully saturated rings. The molecular weight excluding hydrogens is 352 g/mol. The molecule has 7 heteroatoms. The molecule has 1 aliphatic heterocycles. The summed E-state index contributed by atoms with van der Waals surface area (Å²) >= 11 is 6.10. The molecule has 0 radical (unpaired) electrons. The summed E-state index contributed by atoms with van der Waals surface area (Å²) in [5, 5.41) is 11.5. The third kappa shape index (κ3) is 2.82. The van der Waals surface area contributed by atoms with Gasteiger partial charge in [0.15, 0.2) is 5.82 Å². The van der Waals surface area contributed by atoms with Gasteiger partial charge in [-0.1, -0.05) is 29.8 Å². The molecule has 0 aliphatic carbocycles. The molecule has 1 aromatic heterocycles. The molecule has 1 aliphatic rings. The highest BCUT2D eigenvalue weighted by Crippen LogP contribution is 2.30. The first-order valence-electron chi connectivity index (χ1n) is 8.34. The molecule has 2 heterocycles. The molecule has 4 rings (SSSR count). The van der Waals surface area contributed by atoms with Gasteiger partial charge < -0.3 is 5.32 Å². The molecule has 2 N–H and O–H groups in total. The van der Waals surface area contributed by atoms with Gasteiger partial charge >= 0.3 is 0 Å². The van der Waals surface area contributed by atoms with Crippen molar-refractivity contribution in [2.75, 3.05) is 16.8 Å². The van der Waals surface area contributed by atoms with Crippen LogP contribution in [0.1, 0.15) is 12.0 Å². The van der Waals surface area contributed by atoms with Crippen LogP contribution in [0.15, 0.2) is 42.5 Å². The number of nitrogens with zero attached hydrogens (tertiary/aromatic N) is 2. The van der Waals surface area contributed by atoms with E-state index in [9.17, 15) is 9.59 Å². The zero-order valence-corrected chi connectivity index (χ0v) is 14.9. The Bertz CT molecular complexity index is 1010. The first kappa shape index (κ1) is 16.6. The molecule has 1 saturated heterocycles. The lowest BCUT2D eigenvalue weighted by Gasteiger charge is -2.15. The van der Waals surface area contributed by atoms with E-state index in [1.54, 1.807) is 23.1 Å². The van der Waals surface area contributed by atoms with E-state index in [-0.39, 0.29) is 18.2 Å². The van der Waals surface area contributed by atoms with E-state index in [1.165, 1.54) is 0 Å². The molecule has 0 bridgehead atoms. The Morgan fingerprint density at radius 3 is 2.92 bits per heavy atom. The lowest BCUT2D eigenvalue weighted by Crippen LogP contribution is -2.28. The maximum Gasteiger partial charge on any atom is 0.229 e.